The van der Waals surface area contributed by atoms with Gasteiger partial charge in [0.2, 0.25) is 0 Å². The third kappa shape index (κ3) is 5.70. The van der Waals surface area contributed by atoms with E-state index >= 15 is 0 Å². The van der Waals surface area contributed by atoms with Crippen molar-refractivity contribution in [1.82, 2.24) is 29.5 Å². The monoisotopic (exact) mass is 485 g/mol. The first-order chi connectivity index (χ1) is 12.7. The molecule has 0 aliphatic carbocycles. The summed E-state index contributed by atoms with van der Waals surface area (Å²) in [7, 11) is 5.98. The smallest absolute Gasteiger partial charge is 0.193 e. The van der Waals surface area contributed by atoms with Crippen molar-refractivity contribution >= 4 is 29.9 Å². The Balaban J connectivity index is 0.00000261. The molecule has 1 aliphatic heterocycles. The van der Waals surface area contributed by atoms with Gasteiger partial charge in [-0.05, 0) is 31.4 Å². The Hall–Kier alpha value is -1.58. The van der Waals surface area contributed by atoms with E-state index in [2.05, 4.69) is 67.0 Å². The van der Waals surface area contributed by atoms with Gasteiger partial charge in [-0.2, -0.15) is 0 Å². The number of guanidine groups is 1. The van der Waals surface area contributed by atoms with Crippen LogP contribution in [0.25, 0.3) is 0 Å². The molecule has 0 saturated heterocycles. The molecule has 2 aromatic heterocycles. The van der Waals surface area contributed by atoms with Crippen molar-refractivity contribution in [2.75, 3.05) is 20.6 Å². The molecule has 8 heteroatoms. The molecule has 1 aliphatic rings. The molecule has 0 bridgehead atoms. The van der Waals surface area contributed by atoms with Crippen molar-refractivity contribution in [1.29, 1.82) is 0 Å². The van der Waals surface area contributed by atoms with Crippen LogP contribution in [-0.4, -0.2) is 50.8 Å². The average molecular weight is 485 g/mol. The SMILES string of the molecule is CN=C(NCCCc1nnc2n1CCCCC2)N(C)Cc1cccn1C.I. The zero-order valence-electron chi connectivity index (χ0n) is 16.7. The molecule has 0 fully saturated rings. The Morgan fingerprint density at radius 1 is 1.30 bits per heavy atom. The third-order valence-corrected chi connectivity index (χ3v) is 5.07. The number of hydrogen-bond donors (Lipinski definition) is 1. The summed E-state index contributed by atoms with van der Waals surface area (Å²) in [5.74, 6) is 3.23. The van der Waals surface area contributed by atoms with Crippen LogP contribution in [0, 0.1) is 0 Å². The largest absolute Gasteiger partial charge is 0.356 e. The number of hydrogen-bond acceptors (Lipinski definition) is 3. The van der Waals surface area contributed by atoms with Crippen LogP contribution in [0.1, 0.15) is 43.0 Å². The zero-order valence-corrected chi connectivity index (χ0v) is 19.0. The van der Waals surface area contributed by atoms with Gasteiger partial charge in [-0.1, -0.05) is 6.42 Å². The van der Waals surface area contributed by atoms with Crippen LogP contribution >= 0.6 is 24.0 Å². The lowest BCUT2D eigenvalue weighted by Gasteiger charge is -2.22. The average Bonchev–Trinajstić information content (AvgIpc) is 3.13. The van der Waals surface area contributed by atoms with Crippen molar-refractivity contribution in [2.24, 2.45) is 12.0 Å². The van der Waals surface area contributed by atoms with E-state index in [1.807, 2.05) is 7.05 Å². The van der Waals surface area contributed by atoms with E-state index in [1.54, 1.807) is 0 Å². The second-order valence-corrected chi connectivity index (χ2v) is 7.04. The van der Waals surface area contributed by atoms with E-state index in [1.165, 1.54) is 30.8 Å². The minimum atomic E-state index is 0. The summed E-state index contributed by atoms with van der Waals surface area (Å²) in [6, 6.07) is 4.21. The summed E-state index contributed by atoms with van der Waals surface area (Å²) < 4.78 is 4.48. The number of nitrogens with zero attached hydrogens (tertiary/aromatic N) is 6. The molecule has 27 heavy (non-hydrogen) atoms. The maximum absolute atomic E-state index is 4.41. The van der Waals surface area contributed by atoms with Crippen molar-refractivity contribution in [3.05, 3.63) is 35.7 Å². The molecular formula is C19H32IN7. The van der Waals surface area contributed by atoms with E-state index in [4.69, 9.17) is 0 Å². The summed E-state index contributed by atoms with van der Waals surface area (Å²) >= 11 is 0. The lowest BCUT2D eigenvalue weighted by Crippen LogP contribution is -2.39. The molecule has 0 amide bonds. The Morgan fingerprint density at radius 2 is 2.15 bits per heavy atom. The minimum absolute atomic E-state index is 0. The van der Waals surface area contributed by atoms with Gasteiger partial charge in [0.1, 0.15) is 11.6 Å². The van der Waals surface area contributed by atoms with Crippen molar-refractivity contribution in [2.45, 2.75) is 51.6 Å². The van der Waals surface area contributed by atoms with E-state index in [0.717, 1.165) is 50.7 Å². The fraction of sp³-hybridized carbons (Fsp3) is 0.632. The highest BCUT2D eigenvalue weighted by atomic mass is 127. The molecule has 0 saturated carbocycles. The van der Waals surface area contributed by atoms with Crippen LogP contribution in [0.3, 0.4) is 0 Å². The Bertz CT molecular complexity index is 734. The maximum atomic E-state index is 4.41. The molecule has 0 unspecified atom stereocenters. The fourth-order valence-electron chi connectivity index (χ4n) is 3.54. The number of rotatable bonds is 6. The lowest BCUT2D eigenvalue weighted by atomic mass is 10.2. The second kappa shape index (κ2) is 10.7. The van der Waals surface area contributed by atoms with E-state index in [0.29, 0.717) is 0 Å². The van der Waals surface area contributed by atoms with Gasteiger partial charge in [0.05, 0.1) is 6.54 Å². The van der Waals surface area contributed by atoms with E-state index in [9.17, 15) is 0 Å². The molecule has 3 heterocycles. The van der Waals surface area contributed by atoms with Gasteiger partial charge in [-0.3, -0.25) is 4.99 Å². The highest BCUT2D eigenvalue weighted by Crippen LogP contribution is 2.15. The molecule has 0 atom stereocenters. The van der Waals surface area contributed by atoms with Crippen LogP contribution in [0.5, 0.6) is 0 Å². The van der Waals surface area contributed by atoms with Gasteiger partial charge in [0.25, 0.3) is 0 Å². The first-order valence-corrected chi connectivity index (χ1v) is 9.62. The molecule has 0 spiro atoms. The van der Waals surface area contributed by atoms with Gasteiger partial charge < -0.3 is 19.4 Å². The quantitative estimate of drug-likeness (QED) is 0.296. The molecule has 0 aromatic carbocycles. The highest BCUT2D eigenvalue weighted by molar-refractivity contribution is 14.0. The van der Waals surface area contributed by atoms with Gasteiger partial charge in [-0.15, -0.1) is 34.2 Å². The Morgan fingerprint density at radius 3 is 2.89 bits per heavy atom. The summed E-state index contributed by atoms with van der Waals surface area (Å²) in [4.78, 5) is 6.56. The van der Waals surface area contributed by atoms with Crippen molar-refractivity contribution in [3.8, 4) is 0 Å². The van der Waals surface area contributed by atoms with Crippen LogP contribution in [0.4, 0.5) is 0 Å². The molecule has 0 radical (unpaired) electrons. The number of aryl methyl sites for hydroxylation is 3. The Labute approximate surface area is 179 Å². The normalized spacial score (nSPS) is 14.3. The van der Waals surface area contributed by atoms with Crippen LogP contribution in [0.15, 0.2) is 23.3 Å². The third-order valence-electron chi connectivity index (χ3n) is 5.07. The molecule has 7 nitrogen and oxygen atoms in total. The van der Waals surface area contributed by atoms with Crippen molar-refractivity contribution < 1.29 is 0 Å². The molecule has 1 N–H and O–H groups in total. The van der Waals surface area contributed by atoms with Gasteiger partial charge in [0.15, 0.2) is 5.96 Å². The number of nitrogens with one attached hydrogen (secondary N) is 1. The van der Waals surface area contributed by atoms with E-state index in [-0.39, 0.29) is 24.0 Å². The van der Waals surface area contributed by atoms with Crippen LogP contribution < -0.4 is 5.32 Å². The summed E-state index contributed by atoms with van der Waals surface area (Å²) in [6.45, 7) is 2.79. The first-order valence-electron chi connectivity index (χ1n) is 9.62. The standard InChI is InChI=1S/C19H31N7.HI/c1-20-19(25(3)15-16-9-8-13-24(16)2)21-12-7-11-18-23-22-17-10-5-4-6-14-26(17)18;/h8-9,13H,4-7,10-12,14-15H2,1-3H3,(H,20,21);1H. The fourth-order valence-corrected chi connectivity index (χ4v) is 3.54. The van der Waals surface area contributed by atoms with Gasteiger partial charge in [-0.25, -0.2) is 0 Å². The predicted octanol–water partition coefficient (Wildman–Crippen LogP) is 2.60. The number of aliphatic imine (C=N–C) groups is 1. The number of halogens is 1. The molecular weight excluding hydrogens is 453 g/mol. The van der Waals surface area contributed by atoms with Gasteiger partial charge >= 0.3 is 0 Å². The van der Waals surface area contributed by atoms with Crippen LogP contribution in [-0.2, 0) is 33.0 Å². The summed E-state index contributed by atoms with van der Waals surface area (Å²) in [6.07, 6.45) is 8.90. The maximum Gasteiger partial charge on any atom is 0.193 e. The summed E-state index contributed by atoms with van der Waals surface area (Å²) in [5, 5.41) is 12.3. The first kappa shape index (κ1) is 21.7. The number of aromatic nitrogens is 4. The topological polar surface area (TPSA) is 63.3 Å². The Kier molecular flexibility index (Phi) is 8.59. The van der Waals surface area contributed by atoms with Gasteiger partial charge in [0, 0.05) is 59.0 Å². The highest BCUT2D eigenvalue weighted by Gasteiger charge is 2.14. The van der Waals surface area contributed by atoms with E-state index < -0.39 is 0 Å². The number of fused-ring (bicyclic) bond motifs is 1. The lowest BCUT2D eigenvalue weighted by molar-refractivity contribution is 0.460. The zero-order chi connectivity index (χ0) is 18.4. The molecule has 150 valence electrons. The predicted molar refractivity (Wildman–Crippen MR) is 120 cm³/mol. The molecule has 3 rings (SSSR count). The van der Waals surface area contributed by atoms with Crippen molar-refractivity contribution in [3.63, 3.8) is 0 Å². The molecule has 2 aromatic rings. The van der Waals surface area contributed by atoms with Crippen LogP contribution in [0.2, 0.25) is 0 Å². The second-order valence-electron chi connectivity index (χ2n) is 7.04. The minimum Gasteiger partial charge on any atom is -0.356 e. The summed E-state index contributed by atoms with van der Waals surface area (Å²) in [5.41, 5.74) is 1.27.